The summed E-state index contributed by atoms with van der Waals surface area (Å²) < 4.78 is 1.28. The van der Waals surface area contributed by atoms with Gasteiger partial charge in [-0.1, -0.05) is 30.3 Å². The van der Waals surface area contributed by atoms with E-state index in [-0.39, 0.29) is 12.1 Å². The van der Waals surface area contributed by atoms with Crippen molar-refractivity contribution in [1.29, 1.82) is 0 Å². The molecule has 1 aliphatic rings. The van der Waals surface area contributed by atoms with Crippen molar-refractivity contribution in [2.75, 3.05) is 19.6 Å². The summed E-state index contributed by atoms with van der Waals surface area (Å²) in [5.74, 6) is 0.292. The Morgan fingerprint density at radius 1 is 1.27 bits per heavy atom. The first kappa shape index (κ1) is 20.4. The van der Waals surface area contributed by atoms with Crippen LogP contribution in [0.1, 0.15) is 16.0 Å². The van der Waals surface area contributed by atoms with Gasteiger partial charge in [0.1, 0.15) is 5.75 Å². The first-order valence-corrected chi connectivity index (χ1v) is 11.1. The van der Waals surface area contributed by atoms with Gasteiger partial charge in [0.2, 0.25) is 0 Å². The number of phenolic OH excluding ortho intramolecular Hbond substituents is 1. The van der Waals surface area contributed by atoms with Gasteiger partial charge in [-0.15, -0.1) is 17.9 Å². The quantitative estimate of drug-likeness (QED) is 0.504. The fourth-order valence-electron chi connectivity index (χ4n) is 3.92. The van der Waals surface area contributed by atoms with Crippen LogP contribution in [0.15, 0.2) is 61.2 Å². The van der Waals surface area contributed by atoms with Crippen LogP contribution in [0.25, 0.3) is 10.1 Å². The van der Waals surface area contributed by atoms with E-state index in [1.165, 1.54) is 20.5 Å². The van der Waals surface area contributed by atoms with Crippen molar-refractivity contribution >= 4 is 27.5 Å². The lowest BCUT2D eigenvalue weighted by atomic mass is 9.95. The molecule has 0 saturated heterocycles. The molecule has 0 saturated carbocycles. The molecule has 6 heteroatoms. The van der Waals surface area contributed by atoms with Gasteiger partial charge in [-0.3, -0.25) is 0 Å². The van der Waals surface area contributed by atoms with Gasteiger partial charge < -0.3 is 20.6 Å². The lowest BCUT2D eigenvalue weighted by Gasteiger charge is -2.31. The highest BCUT2D eigenvalue weighted by atomic mass is 32.1. The van der Waals surface area contributed by atoms with Crippen LogP contribution < -0.4 is 10.6 Å². The van der Waals surface area contributed by atoms with E-state index in [1.807, 2.05) is 12.1 Å². The van der Waals surface area contributed by atoms with Crippen molar-refractivity contribution in [2.45, 2.75) is 25.4 Å². The number of nitrogens with one attached hydrogen (secondary N) is 2. The predicted molar refractivity (Wildman–Crippen MR) is 123 cm³/mol. The number of thiophene rings is 1. The summed E-state index contributed by atoms with van der Waals surface area (Å²) in [4.78, 5) is 15.9. The molecule has 156 valence electrons. The van der Waals surface area contributed by atoms with Crippen LogP contribution in [0.3, 0.4) is 0 Å². The second kappa shape index (κ2) is 9.32. The molecule has 2 heterocycles. The number of hydrogen-bond donors (Lipinski definition) is 3. The van der Waals surface area contributed by atoms with E-state index in [1.54, 1.807) is 34.4 Å². The van der Waals surface area contributed by atoms with Crippen molar-refractivity contribution in [1.82, 2.24) is 15.5 Å². The number of urea groups is 1. The molecule has 1 unspecified atom stereocenters. The first-order valence-electron chi connectivity index (χ1n) is 10.3. The summed E-state index contributed by atoms with van der Waals surface area (Å²) in [6.45, 7) is 6.24. The van der Waals surface area contributed by atoms with Gasteiger partial charge in [-0.2, -0.15) is 0 Å². The fourth-order valence-corrected chi connectivity index (χ4v) is 4.99. The Bertz CT molecular complexity index is 1010. The summed E-state index contributed by atoms with van der Waals surface area (Å²) >= 11 is 1.78. The van der Waals surface area contributed by atoms with E-state index in [0.29, 0.717) is 31.9 Å². The maximum Gasteiger partial charge on any atom is 0.317 e. The van der Waals surface area contributed by atoms with Gasteiger partial charge in [0, 0.05) is 41.8 Å². The summed E-state index contributed by atoms with van der Waals surface area (Å²) in [5.41, 5.74) is 2.34. The third-order valence-corrected chi connectivity index (χ3v) is 6.61. The smallest absolute Gasteiger partial charge is 0.317 e. The normalized spacial score (nSPS) is 15.5. The molecule has 4 rings (SSSR count). The summed E-state index contributed by atoms with van der Waals surface area (Å²) in [7, 11) is 0. The SMILES string of the molecule is C=CCN(CC1Cc2ccc(O)cc2CN1)C(=O)NCCc1cc2ccccc2s1. The van der Waals surface area contributed by atoms with Crippen molar-refractivity contribution in [3.63, 3.8) is 0 Å². The summed E-state index contributed by atoms with van der Waals surface area (Å²) in [5, 5.41) is 17.4. The van der Waals surface area contributed by atoms with E-state index >= 15 is 0 Å². The van der Waals surface area contributed by atoms with E-state index in [4.69, 9.17) is 0 Å². The molecule has 0 spiro atoms. The van der Waals surface area contributed by atoms with E-state index in [9.17, 15) is 9.90 Å². The maximum atomic E-state index is 12.8. The zero-order valence-corrected chi connectivity index (χ0v) is 17.8. The molecule has 0 aliphatic carbocycles. The van der Waals surface area contributed by atoms with Gasteiger partial charge in [0.05, 0.1) is 0 Å². The van der Waals surface area contributed by atoms with Gasteiger partial charge in [-0.25, -0.2) is 4.79 Å². The average molecular weight is 422 g/mol. The maximum absolute atomic E-state index is 12.8. The molecule has 3 aromatic rings. The molecular weight excluding hydrogens is 394 g/mol. The highest BCUT2D eigenvalue weighted by molar-refractivity contribution is 7.19. The minimum absolute atomic E-state index is 0.0608. The molecule has 0 fully saturated rings. The number of benzene rings is 2. The fraction of sp³-hybridized carbons (Fsp3) is 0.292. The minimum atomic E-state index is -0.0608. The Morgan fingerprint density at radius 2 is 2.13 bits per heavy atom. The van der Waals surface area contributed by atoms with Gasteiger partial charge in [0.25, 0.3) is 0 Å². The Hall–Kier alpha value is -2.83. The van der Waals surface area contributed by atoms with Crippen LogP contribution in [0, 0.1) is 0 Å². The highest BCUT2D eigenvalue weighted by Crippen LogP contribution is 2.25. The second-order valence-corrected chi connectivity index (χ2v) is 8.83. The molecule has 2 amide bonds. The molecule has 1 aromatic heterocycles. The average Bonchev–Trinajstić information content (AvgIpc) is 3.16. The number of phenols is 1. The Morgan fingerprint density at radius 3 is 2.97 bits per heavy atom. The third-order valence-electron chi connectivity index (χ3n) is 5.44. The van der Waals surface area contributed by atoms with Crippen LogP contribution in [0.4, 0.5) is 4.79 Å². The number of fused-ring (bicyclic) bond motifs is 2. The predicted octanol–water partition coefficient (Wildman–Crippen LogP) is 4.06. The minimum Gasteiger partial charge on any atom is -0.508 e. The standard InChI is InChI=1S/C24H27N3O2S/c1-2-11-27(16-20-12-17-7-8-21(28)13-19(17)15-26-20)24(29)25-10-9-22-14-18-5-3-4-6-23(18)30-22/h2-8,13-14,20,26,28H,1,9-12,15-16H2,(H,25,29). The van der Waals surface area contributed by atoms with E-state index in [0.717, 1.165) is 18.4 Å². The van der Waals surface area contributed by atoms with E-state index in [2.05, 4.69) is 41.5 Å². The van der Waals surface area contributed by atoms with Crippen LogP contribution in [0.5, 0.6) is 5.75 Å². The molecule has 1 aliphatic heterocycles. The molecule has 0 bridgehead atoms. The molecule has 2 aromatic carbocycles. The number of carbonyl (C=O) groups is 1. The molecule has 1 atom stereocenters. The number of nitrogens with zero attached hydrogens (tertiary/aromatic N) is 1. The van der Waals surface area contributed by atoms with Crippen molar-refractivity contribution in [2.24, 2.45) is 0 Å². The number of carbonyl (C=O) groups excluding carboxylic acids is 1. The molecule has 30 heavy (non-hydrogen) atoms. The second-order valence-electron chi connectivity index (χ2n) is 7.66. The molecule has 3 N–H and O–H groups in total. The van der Waals surface area contributed by atoms with Crippen LogP contribution >= 0.6 is 11.3 Å². The van der Waals surface area contributed by atoms with Gasteiger partial charge in [-0.05, 0) is 53.6 Å². The zero-order valence-electron chi connectivity index (χ0n) is 16.9. The Balaban J connectivity index is 1.31. The highest BCUT2D eigenvalue weighted by Gasteiger charge is 2.22. The number of amides is 2. The van der Waals surface area contributed by atoms with Crippen LogP contribution in [0.2, 0.25) is 0 Å². The van der Waals surface area contributed by atoms with Crippen LogP contribution in [-0.4, -0.2) is 41.7 Å². The third kappa shape index (κ3) is 4.83. The number of hydrogen-bond acceptors (Lipinski definition) is 4. The summed E-state index contributed by atoms with van der Waals surface area (Å²) in [6.07, 6.45) is 3.42. The van der Waals surface area contributed by atoms with Gasteiger partial charge in [0.15, 0.2) is 0 Å². The zero-order chi connectivity index (χ0) is 20.9. The number of rotatable bonds is 7. The largest absolute Gasteiger partial charge is 0.508 e. The Labute approximate surface area is 181 Å². The Kier molecular flexibility index (Phi) is 6.35. The van der Waals surface area contributed by atoms with Crippen molar-refractivity contribution < 1.29 is 9.90 Å². The molecular formula is C24H27N3O2S. The monoisotopic (exact) mass is 421 g/mol. The number of aromatic hydroxyl groups is 1. The van der Waals surface area contributed by atoms with E-state index < -0.39 is 0 Å². The molecule has 0 radical (unpaired) electrons. The lowest BCUT2D eigenvalue weighted by molar-refractivity contribution is 0.196. The first-order chi connectivity index (χ1) is 14.6. The summed E-state index contributed by atoms with van der Waals surface area (Å²) in [6, 6.07) is 16.2. The molecule has 5 nitrogen and oxygen atoms in total. The topological polar surface area (TPSA) is 64.6 Å². The lowest BCUT2D eigenvalue weighted by Crippen LogP contribution is -2.49. The van der Waals surface area contributed by atoms with Gasteiger partial charge >= 0.3 is 6.03 Å². The van der Waals surface area contributed by atoms with Crippen molar-refractivity contribution in [3.05, 3.63) is 77.2 Å². The van der Waals surface area contributed by atoms with Crippen molar-refractivity contribution in [3.8, 4) is 5.75 Å². The van der Waals surface area contributed by atoms with Crippen LogP contribution in [-0.2, 0) is 19.4 Å².